The predicted octanol–water partition coefficient (Wildman–Crippen LogP) is 3.79. The Bertz CT molecular complexity index is 245. The number of allylic oxidation sites excluding steroid dienone is 1. The topological polar surface area (TPSA) is 13.1 Å². The molecule has 66 valence electrons. The highest BCUT2D eigenvalue weighted by Crippen LogP contribution is 2.11. The molecule has 0 saturated carbocycles. The highest BCUT2D eigenvalue weighted by Gasteiger charge is 1.93. The van der Waals surface area contributed by atoms with Crippen LogP contribution in [0, 0.1) is 6.92 Å². The van der Waals surface area contributed by atoms with Crippen molar-refractivity contribution >= 4 is 6.08 Å². The van der Waals surface area contributed by atoms with E-state index >= 15 is 0 Å². The van der Waals surface area contributed by atoms with Crippen LogP contribution in [-0.4, -0.2) is 0 Å². The van der Waals surface area contributed by atoms with Gasteiger partial charge in [0.2, 0.25) is 0 Å². The Hall–Kier alpha value is -0.980. The fraction of sp³-hybridized carbons (Fsp3) is 0.455. The van der Waals surface area contributed by atoms with Gasteiger partial charge < -0.3 is 4.42 Å². The van der Waals surface area contributed by atoms with Crippen LogP contribution in [0.5, 0.6) is 0 Å². The number of hydrogen-bond donors (Lipinski definition) is 0. The fourth-order valence-electron chi connectivity index (χ4n) is 1.07. The summed E-state index contributed by atoms with van der Waals surface area (Å²) in [7, 11) is 0. The lowest BCUT2D eigenvalue weighted by atomic mass is 10.2. The lowest BCUT2D eigenvalue weighted by Crippen LogP contribution is -1.70. The van der Waals surface area contributed by atoms with Crippen LogP contribution in [0.15, 0.2) is 23.0 Å². The molecule has 1 heteroatoms. The fourth-order valence-corrected chi connectivity index (χ4v) is 1.07. The second-order valence-corrected chi connectivity index (χ2v) is 3.05. The zero-order chi connectivity index (χ0) is 8.81. The Labute approximate surface area is 74.1 Å². The van der Waals surface area contributed by atoms with Crippen LogP contribution in [0.25, 0.3) is 6.08 Å². The van der Waals surface area contributed by atoms with Crippen molar-refractivity contribution in [3.63, 3.8) is 0 Å². The van der Waals surface area contributed by atoms with Crippen LogP contribution in [-0.2, 0) is 0 Å². The summed E-state index contributed by atoms with van der Waals surface area (Å²) in [5.74, 6) is 0. The van der Waals surface area contributed by atoms with Crippen molar-refractivity contribution < 1.29 is 4.42 Å². The maximum atomic E-state index is 5.05. The molecule has 0 aliphatic heterocycles. The summed E-state index contributed by atoms with van der Waals surface area (Å²) < 4.78 is 5.05. The number of furan rings is 1. The third-order valence-corrected chi connectivity index (χ3v) is 1.92. The van der Waals surface area contributed by atoms with Crippen LogP contribution in [0.1, 0.15) is 37.3 Å². The molecule has 0 atom stereocenters. The maximum absolute atomic E-state index is 5.05. The third kappa shape index (κ3) is 2.57. The Balaban J connectivity index is 2.41. The van der Waals surface area contributed by atoms with Crippen LogP contribution in [0.3, 0.4) is 0 Å². The molecule has 0 aliphatic carbocycles. The molecule has 1 nitrogen and oxygen atoms in total. The van der Waals surface area contributed by atoms with Gasteiger partial charge in [0.15, 0.2) is 0 Å². The summed E-state index contributed by atoms with van der Waals surface area (Å²) in [5, 5.41) is 0. The van der Waals surface area contributed by atoms with E-state index in [9.17, 15) is 0 Å². The molecule has 0 aromatic carbocycles. The lowest BCUT2D eigenvalue weighted by molar-refractivity contribution is 0.565. The molecule has 0 N–H and O–H groups in total. The molecule has 1 heterocycles. The van der Waals surface area contributed by atoms with E-state index in [1.807, 2.05) is 0 Å². The monoisotopic (exact) mass is 164 g/mol. The molecule has 0 spiro atoms. The van der Waals surface area contributed by atoms with E-state index < -0.39 is 0 Å². The molecule has 0 bridgehead atoms. The first-order chi connectivity index (χ1) is 5.84. The zero-order valence-corrected chi connectivity index (χ0v) is 7.84. The molecular weight excluding hydrogens is 148 g/mol. The SMILES string of the molecule is CCCC/C=C/c1cocc1C. The molecule has 0 amide bonds. The smallest absolute Gasteiger partial charge is 0.0977 e. The van der Waals surface area contributed by atoms with E-state index in [1.54, 1.807) is 12.5 Å². The van der Waals surface area contributed by atoms with Crippen LogP contribution in [0.4, 0.5) is 0 Å². The molecular formula is C11H16O. The first-order valence-corrected chi connectivity index (χ1v) is 4.54. The molecule has 0 fully saturated rings. The zero-order valence-electron chi connectivity index (χ0n) is 7.84. The first kappa shape index (κ1) is 9.11. The quantitative estimate of drug-likeness (QED) is 0.617. The average Bonchev–Trinajstić information content (AvgIpc) is 2.46. The maximum Gasteiger partial charge on any atom is 0.0977 e. The van der Waals surface area contributed by atoms with Gasteiger partial charge in [-0.3, -0.25) is 0 Å². The number of unbranched alkanes of at least 4 members (excludes halogenated alkanes) is 2. The van der Waals surface area contributed by atoms with Gasteiger partial charge in [-0.25, -0.2) is 0 Å². The normalized spacial score (nSPS) is 11.2. The minimum Gasteiger partial charge on any atom is -0.472 e. The summed E-state index contributed by atoms with van der Waals surface area (Å²) >= 11 is 0. The van der Waals surface area contributed by atoms with E-state index in [-0.39, 0.29) is 0 Å². The number of aryl methyl sites for hydroxylation is 1. The second-order valence-electron chi connectivity index (χ2n) is 3.05. The standard InChI is InChI=1S/C11H16O/c1-3-4-5-6-7-11-9-12-8-10(11)2/h6-9H,3-5H2,1-2H3/b7-6+. The van der Waals surface area contributed by atoms with Crippen molar-refractivity contribution in [1.82, 2.24) is 0 Å². The highest BCUT2D eigenvalue weighted by atomic mass is 16.3. The molecule has 1 rings (SSSR count). The number of rotatable bonds is 4. The van der Waals surface area contributed by atoms with Gasteiger partial charge in [-0.15, -0.1) is 0 Å². The molecule has 1 aromatic heterocycles. The van der Waals surface area contributed by atoms with E-state index in [2.05, 4.69) is 26.0 Å². The molecule has 0 aliphatic rings. The summed E-state index contributed by atoms with van der Waals surface area (Å²) in [6, 6.07) is 0. The molecule has 12 heavy (non-hydrogen) atoms. The second kappa shape index (κ2) is 4.81. The number of hydrogen-bond acceptors (Lipinski definition) is 1. The average molecular weight is 164 g/mol. The van der Waals surface area contributed by atoms with Crippen molar-refractivity contribution in [1.29, 1.82) is 0 Å². The van der Waals surface area contributed by atoms with E-state index in [0.29, 0.717) is 0 Å². The Morgan fingerprint density at radius 2 is 2.25 bits per heavy atom. The van der Waals surface area contributed by atoms with Crippen LogP contribution < -0.4 is 0 Å². The van der Waals surface area contributed by atoms with E-state index in [4.69, 9.17) is 4.42 Å². The predicted molar refractivity (Wildman–Crippen MR) is 52.0 cm³/mol. The van der Waals surface area contributed by atoms with Crippen molar-refractivity contribution in [3.05, 3.63) is 29.7 Å². The Morgan fingerprint density at radius 3 is 2.83 bits per heavy atom. The first-order valence-electron chi connectivity index (χ1n) is 4.54. The molecule has 1 aromatic rings. The van der Waals surface area contributed by atoms with Gasteiger partial charge in [0.1, 0.15) is 0 Å². The van der Waals surface area contributed by atoms with E-state index in [1.165, 1.54) is 30.4 Å². The minimum atomic E-state index is 1.17. The Kier molecular flexibility index (Phi) is 3.65. The summed E-state index contributed by atoms with van der Waals surface area (Å²) in [6.45, 7) is 4.26. The van der Waals surface area contributed by atoms with Gasteiger partial charge in [-0.2, -0.15) is 0 Å². The minimum absolute atomic E-state index is 1.17. The molecule has 0 radical (unpaired) electrons. The van der Waals surface area contributed by atoms with Gasteiger partial charge >= 0.3 is 0 Å². The van der Waals surface area contributed by atoms with Crippen molar-refractivity contribution in [3.8, 4) is 0 Å². The van der Waals surface area contributed by atoms with Crippen molar-refractivity contribution in [2.75, 3.05) is 0 Å². The highest BCUT2D eigenvalue weighted by molar-refractivity contribution is 5.51. The van der Waals surface area contributed by atoms with Crippen LogP contribution >= 0.6 is 0 Å². The molecule has 0 saturated heterocycles. The largest absolute Gasteiger partial charge is 0.472 e. The summed E-state index contributed by atoms with van der Waals surface area (Å²) in [5.41, 5.74) is 2.41. The van der Waals surface area contributed by atoms with Gasteiger partial charge in [0.05, 0.1) is 12.5 Å². The third-order valence-electron chi connectivity index (χ3n) is 1.92. The lowest BCUT2D eigenvalue weighted by Gasteiger charge is -1.89. The van der Waals surface area contributed by atoms with Gasteiger partial charge in [0, 0.05) is 5.56 Å². The molecule has 0 unspecified atom stereocenters. The summed E-state index contributed by atoms with van der Waals surface area (Å²) in [4.78, 5) is 0. The van der Waals surface area contributed by atoms with Gasteiger partial charge in [-0.05, 0) is 18.9 Å². The van der Waals surface area contributed by atoms with Crippen molar-refractivity contribution in [2.45, 2.75) is 33.1 Å². The van der Waals surface area contributed by atoms with Gasteiger partial charge in [0.25, 0.3) is 0 Å². The Morgan fingerprint density at radius 1 is 1.42 bits per heavy atom. The van der Waals surface area contributed by atoms with E-state index in [0.717, 1.165) is 0 Å². The summed E-state index contributed by atoms with van der Waals surface area (Å²) in [6.07, 6.45) is 11.6. The van der Waals surface area contributed by atoms with Crippen molar-refractivity contribution in [2.24, 2.45) is 0 Å². The van der Waals surface area contributed by atoms with Crippen LogP contribution in [0.2, 0.25) is 0 Å². The van der Waals surface area contributed by atoms with Gasteiger partial charge in [-0.1, -0.05) is 31.9 Å².